The van der Waals surface area contributed by atoms with Gasteiger partial charge in [-0.3, -0.25) is 4.79 Å². The van der Waals surface area contributed by atoms with E-state index in [1.165, 1.54) is 11.1 Å². The third-order valence-electron chi connectivity index (χ3n) is 4.64. The van der Waals surface area contributed by atoms with Gasteiger partial charge in [-0.25, -0.2) is 9.97 Å². The van der Waals surface area contributed by atoms with E-state index in [0.29, 0.717) is 18.0 Å². The first-order valence-corrected chi connectivity index (χ1v) is 8.92. The Hall–Kier alpha value is -1.98. The number of carbonyl (C=O) groups excluding carboxylic acids is 1. The molecule has 0 radical (unpaired) electrons. The number of halogens is 1. The number of benzene rings is 1. The van der Waals surface area contributed by atoms with Gasteiger partial charge in [-0.15, -0.1) is 12.4 Å². The second kappa shape index (κ2) is 9.10. The Balaban J connectivity index is 0.00000243. The Morgan fingerprint density at radius 2 is 1.81 bits per heavy atom. The van der Waals surface area contributed by atoms with Gasteiger partial charge in [0.2, 0.25) is 0 Å². The minimum absolute atomic E-state index is 0. The van der Waals surface area contributed by atoms with Crippen molar-refractivity contribution in [1.29, 1.82) is 0 Å². The van der Waals surface area contributed by atoms with Crippen LogP contribution in [0, 0.1) is 20.8 Å². The van der Waals surface area contributed by atoms with Crippen LogP contribution in [0.5, 0.6) is 0 Å². The molecule has 2 aromatic rings. The van der Waals surface area contributed by atoms with E-state index in [2.05, 4.69) is 52.6 Å². The average Bonchev–Trinajstić information content (AvgIpc) is 2.59. The number of hydrogen-bond acceptors (Lipinski definition) is 4. The molecule has 0 bridgehead atoms. The van der Waals surface area contributed by atoms with Crippen LogP contribution in [-0.2, 0) is 6.54 Å². The lowest BCUT2D eigenvalue weighted by Gasteiger charge is -2.24. The molecule has 1 aliphatic rings. The predicted octanol–water partition coefficient (Wildman–Crippen LogP) is 3.22. The van der Waals surface area contributed by atoms with E-state index in [0.717, 1.165) is 43.0 Å². The summed E-state index contributed by atoms with van der Waals surface area (Å²) in [6.07, 6.45) is 3.69. The quantitative estimate of drug-likeness (QED) is 0.862. The molecular weight excluding hydrogens is 348 g/mol. The SMILES string of the molecule is Cc1cc(C)cc(CNC(=O)c2cnc(C)nc2C2CCNCC2)c1.Cl. The highest BCUT2D eigenvalue weighted by atomic mass is 35.5. The van der Waals surface area contributed by atoms with Gasteiger partial charge in [0.25, 0.3) is 5.91 Å². The molecule has 1 fully saturated rings. The summed E-state index contributed by atoms with van der Waals surface area (Å²) in [6.45, 7) is 8.47. The van der Waals surface area contributed by atoms with Gasteiger partial charge in [0.1, 0.15) is 5.82 Å². The minimum Gasteiger partial charge on any atom is -0.348 e. The number of rotatable bonds is 4. The van der Waals surface area contributed by atoms with Crippen molar-refractivity contribution >= 4 is 18.3 Å². The van der Waals surface area contributed by atoms with Crippen molar-refractivity contribution in [2.45, 2.75) is 46.1 Å². The fraction of sp³-hybridized carbons (Fsp3) is 0.450. The molecule has 1 aliphatic heterocycles. The van der Waals surface area contributed by atoms with Gasteiger partial charge < -0.3 is 10.6 Å². The number of nitrogens with one attached hydrogen (secondary N) is 2. The molecule has 1 aromatic heterocycles. The van der Waals surface area contributed by atoms with Crippen molar-refractivity contribution in [3.05, 3.63) is 58.2 Å². The zero-order valence-corrected chi connectivity index (χ0v) is 16.4. The lowest BCUT2D eigenvalue weighted by Crippen LogP contribution is -2.30. The molecule has 2 N–H and O–H groups in total. The zero-order valence-electron chi connectivity index (χ0n) is 15.6. The molecule has 26 heavy (non-hydrogen) atoms. The number of piperidine rings is 1. The van der Waals surface area contributed by atoms with Gasteiger partial charge >= 0.3 is 0 Å². The van der Waals surface area contributed by atoms with E-state index in [9.17, 15) is 4.79 Å². The highest BCUT2D eigenvalue weighted by Crippen LogP contribution is 2.26. The van der Waals surface area contributed by atoms with E-state index in [1.807, 2.05) is 6.92 Å². The van der Waals surface area contributed by atoms with Gasteiger partial charge in [0, 0.05) is 18.7 Å². The highest BCUT2D eigenvalue weighted by Gasteiger charge is 2.23. The van der Waals surface area contributed by atoms with Crippen molar-refractivity contribution < 1.29 is 4.79 Å². The number of hydrogen-bond donors (Lipinski definition) is 2. The molecule has 0 spiro atoms. The fourth-order valence-electron chi connectivity index (χ4n) is 3.52. The van der Waals surface area contributed by atoms with Crippen molar-refractivity contribution in [2.24, 2.45) is 0 Å². The number of carbonyl (C=O) groups is 1. The van der Waals surface area contributed by atoms with Crippen LogP contribution in [0.25, 0.3) is 0 Å². The van der Waals surface area contributed by atoms with Crippen LogP contribution in [-0.4, -0.2) is 29.0 Å². The first-order valence-electron chi connectivity index (χ1n) is 8.92. The maximum Gasteiger partial charge on any atom is 0.254 e. The average molecular weight is 375 g/mol. The summed E-state index contributed by atoms with van der Waals surface area (Å²) in [7, 11) is 0. The topological polar surface area (TPSA) is 66.9 Å². The van der Waals surface area contributed by atoms with Crippen LogP contribution in [0.2, 0.25) is 0 Å². The van der Waals surface area contributed by atoms with E-state index in [1.54, 1.807) is 6.20 Å². The van der Waals surface area contributed by atoms with Crippen LogP contribution >= 0.6 is 12.4 Å². The molecule has 1 amide bonds. The van der Waals surface area contributed by atoms with Gasteiger partial charge in [-0.2, -0.15) is 0 Å². The monoisotopic (exact) mass is 374 g/mol. The second-order valence-electron chi connectivity index (χ2n) is 6.92. The van der Waals surface area contributed by atoms with Gasteiger partial charge in [-0.05, 0) is 52.3 Å². The summed E-state index contributed by atoms with van der Waals surface area (Å²) in [6, 6.07) is 6.34. The molecule has 0 aliphatic carbocycles. The summed E-state index contributed by atoms with van der Waals surface area (Å²) in [5.41, 5.74) is 5.03. The van der Waals surface area contributed by atoms with Crippen LogP contribution in [0.4, 0.5) is 0 Å². The molecule has 5 nitrogen and oxygen atoms in total. The molecule has 0 unspecified atom stereocenters. The lowest BCUT2D eigenvalue weighted by atomic mass is 9.91. The Kier molecular flexibility index (Phi) is 7.12. The third-order valence-corrected chi connectivity index (χ3v) is 4.64. The normalized spacial score (nSPS) is 14.6. The maximum absolute atomic E-state index is 12.8. The molecule has 6 heteroatoms. The van der Waals surface area contributed by atoms with Crippen molar-refractivity contribution in [3.8, 4) is 0 Å². The fourth-order valence-corrected chi connectivity index (χ4v) is 3.52. The summed E-state index contributed by atoms with van der Waals surface area (Å²) >= 11 is 0. The van der Waals surface area contributed by atoms with E-state index >= 15 is 0 Å². The van der Waals surface area contributed by atoms with Crippen molar-refractivity contribution in [3.63, 3.8) is 0 Å². The molecule has 140 valence electrons. The number of aryl methyl sites for hydroxylation is 3. The Labute approximate surface area is 161 Å². The Morgan fingerprint density at radius 1 is 1.15 bits per heavy atom. The van der Waals surface area contributed by atoms with E-state index in [-0.39, 0.29) is 18.3 Å². The zero-order chi connectivity index (χ0) is 17.8. The molecule has 2 heterocycles. The van der Waals surface area contributed by atoms with Gasteiger partial charge in [0.15, 0.2) is 0 Å². The third kappa shape index (κ3) is 5.02. The summed E-state index contributed by atoms with van der Waals surface area (Å²) < 4.78 is 0. The standard InChI is InChI=1S/C20H26N4O.ClH/c1-13-8-14(2)10-16(9-13)11-23-20(25)18-12-22-15(3)24-19(18)17-4-6-21-7-5-17;/h8-10,12,17,21H,4-7,11H2,1-3H3,(H,23,25);1H. The first kappa shape index (κ1) is 20.3. The largest absolute Gasteiger partial charge is 0.348 e. The molecule has 0 saturated carbocycles. The molecule has 1 saturated heterocycles. The van der Waals surface area contributed by atoms with Crippen LogP contribution < -0.4 is 10.6 Å². The van der Waals surface area contributed by atoms with E-state index < -0.39 is 0 Å². The molecule has 3 rings (SSSR count). The van der Waals surface area contributed by atoms with Gasteiger partial charge in [-0.1, -0.05) is 29.3 Å². The van der Waals surface area contributed by atoms with Gasteiger partial charge in [0.05, 0.1) is 11.3 Å². The summed E-state index contributed by atoms with van der Waals surface area (Å²) in [5.74, 6) is 0.956. The minimum atomic E-state index is -0.0901. The molecule has 1 aromatic carbocycles. The first-order chi connectivity index (χ1) is 12.0. The molecule has 0 atom stereocenters. The van der Waals surface area contributed by atoms with Crippen molar-refractivity contribution in [2.75, 3.05) is 13.1 Å². The van der Waals surface area contributed by atoms with Crippen molar-refractivity contribution in [1.82, 2.24) is 20.6 Å². The number of nitrogens with zero attached hydrogens (tertiary/aromatic N) is 2. The van der Waals surface area contributed by atoms with Crippen LogP contribution in [0.1, 0.15) is 57.3 Å². The van der Waals surface area contributed by atoms with E-state index in [4.69, 9.17) is 0 Å². The Bertz CT molecular complexity index is 752. The maximum atomic E-state index is 12.8. The summed E-state index contributed by atoms with van der Waals surface area (Å²) in [5, 5.41) is 6.40. The van der Waals surface area contributed by atoms with Crippen LogP contribution in [0.15, 0.2) is 24.4 Å². The number of amides is 1. The smallest absolute Gasteiger partial charge is 0.254 e. The number of aromatic nitrogens is 2. The summed E-state index contributed by atoms with van der Waals surface area (Å²) in [4.78, 5) is 21.6. The lowest BCUT2D eigenvalue weighted by molar-refractivity contribution is 0.0948. The van der Waals surface area contributed by atoms with Crippen LogP contribution in [0.3, 0.4) is 0 Å². The second-order valence-corrected chi connectivity index (χ2v) is 6.92. The Morgan fingerprint density at radius 3 is 2.46 bits per heavy atom. The molecular formula is C20H27ClN4O. The predicted molar refractivity (Wildman–Crippen MR) is 106 cm³/mol. The highest BCUT2D eigenvalue weighted by molar-refractivity contribution is 5.95.